The number of rotatable bonds is 6. The van der Waals surface area contributed by atoms with Gasteiger partial charge in [-0.3, -0.25) is 4.90 Å². The van der Waals surface area contributed by atoms with Crippen molar-refractivity contribution in [2.45, 2.75) is 19.8 Å². The Morgan fingerprint density at radius 2 is 1.82 bits per heavy atom. The molecule has 4 aromatic rings. The summed E-state index contributed by atoms with van der Waals surface area (Å²) in [5, 5.41) is 4.09. The Morgan fingerprint density at radius 3 is 2.58 bits per heavy atom. The number of benzene rings is 2. The van der Waals surface area contributed by atoms with E-state index >= 15 is 0 Å². The van der Waals surface area contributed by atoms with E-state index in [2.05, 4.69) is 25.2 Å². The van der Waals surface area contributed by atoms with E-state index in [-0.39, 0.29) is 6.03 Å². The maximum Gasteiger partial charge on any atom is 0.326 e. The molecule has 2 aromatic heterocycles. The summed E-state index contributed by atoms with van der Waals surface area (Å²) in [6.45, 7) is 5.80. The maximum absolute atomic E-state index is 13.2. The van der Waals surface area contributed by atoms with Crippen LogP contribution in [-0.4, -0.2) is 52.1 Å². The monoisotopic (exact) mass is 440 g/mol. The third kappa shape index (κ3) is 4.59. The standard InChI is InChI=1S/C26H28N6O/c1-19-17-27-25-23(19)24(28-18-29-25)20-9-11-21(12-10-20)30-26(33)32(22-7-3-2-4-8-22)16-15-31-13-5-6-14-31/h2-4,7-12,17-18H,5-6,13-16H2,1H3,(H,30,33)(H,27,28,29). The summed E-state index contributed by atoms with van der Waals surface area (Å²) >= 11 is 0. The Morgan fingerprint density at radius 1 is 1.06 bits per heavy atom. The lowest BCUT2D eigenvalue weighted by atomic mass is 10.1. The number of hydrogen-bond acceptors (Lipinski definition) is 4. The zero-order chi connectivity index (χ0) is 22.6. The number of nitrogens with one attached hydrogen (secondary N) is 2. The Kier molecular flexibility index (Phi) is 6.04. The average molecular weight is 441 g/mol. The Hall–Kier alpha value is -3.71. The van der Waals surface area contributed by atoms with Crippen LogP contribution >= 0.6 is 0 Å². The number of carbonyl (C=O) groups is 1. The van der Waals surface area contributed by atoms with Crippen molar-refractivity contribution in [3.05, 3.63) is 72.7 Å². The number of aromatic nitrogens is 3. The van der Waals surface area contributed by atoms with Crippen molar-refractivity contribution in [1.29, 1.82) is 0 Å². The van der Waals surface area contributed by atoms with Crippen LogP contribution in [-0.2, 0) is 0 Å². The number of fused-ring (bicyclic) bond motifs is 1. The molecule has 7 nitrogen and oxygen atoms in total. The molecular formula is C26H28N6O. The minimum atomic E-state index is -0.126. The smallest absolute Gasteiger partial charge is 0.326 e. The first kappa shape index (κ1) is 21.2. The molecule has 2 aromatic carbocycles. The fourth-order valence-electron chi connectivity index (χ4n) is 4.44. The second-order valence-corrected chi connectivity index (χ2v) is 8.46. The lowest BCUT2D eigenvalue weighted by Crippen LogP contribution is -2.40. The van der Waals surface area contributed by atoms with Crippen LogP contribution in [0.25, 0.3) is 22.3 Å². The number of hydrogen-bond donors (Lipinski definition) is 2. The van der Waals surface area contributed by atoms with Crippen LogP contribution in [0.2, 0.25) is 0 Å². The molecule has 7 heteroatoms. The highest BCUT2D eigenvalue weighted by molar-refractivity contribution is 6.02. The van der Waals surface area contributed by atoms with E-state index in [1.54, 1.807) is 6.33 Å². The fraction of sp³-hybridized carbons (Fsp3) is 0.269. The van der Waals surface area contributed by atoms with Gasteiger partial charge in [-0.2, -0.15) is 0 Å². The van der Waals surface area contributed by atoms with Crippen molar-refractivity contribution in [3.8, 4) is 11.3 Å². The van der Waals surface area contributed by atoms with E-state index in [0.29, 0.717) is 6.54 Å². The molecule has 0 aliphatic carbocycles. The van der Waals surface area contributed by atoms with Crippen molar-refractivity contribution in [2.24, 2.45) is 0 Å². The molecule has 1 aliphatic rings. The van der Waals surface area contributed by atoms with Crippen molar-refractivity contribution in [1.82, 2.24) is 19.9 Å². The number of para-hydroxylation sites is 1. The van der Waals surface area contributed by atoms with Gasteiger partial charge in [0, 0.05) is 41.6 Å². The summed E-state index contributed by atoms with van der Waals surface area (Å²) in [5.74, 6) is 0. The molecule has 0 unspecified atom stereocenters. The molecule has 33 heavy (non-hydrogen) atoms. The number of urea groups is 1. The highest BCUT2D eigenvalue weighted by atomic mass is 16.2. The molecule has 0 saturated carbocycles. The molecule has 0 bridgehead atoms. The van der Waals surface area contributed by atoms with E-state index in [1.165, 1.54) is 12.8 Å². The molecule has 0 radical (unpaired) electrons. The van der Waals surface area contributed by atoms with Crippen LogP contribution in [0.5, 0.6) is 0 Å². The molecule has 1 aliphatic heterocycles. The molecule has 5 rings (SSSR count). The first-order valence-corrected chi connectivity index (χ1v) is 11.4. The number of aromatic amines is 1. The fourth-order valence-corrected chi connectivity index (χ4v) is 4.44. The molecule has 168 valence electrons. The van der Waals surface area contributed by atoms with Gasteiger partial charge in [0.2, 0.25) is 0 Å². The van der Waals surface area contributed by atoms with Crippen LogP contribution in [0, 0.1) is 6.92 Å². The van der Waals surface area contributed by atoms with Gasteiger partial charge < -0.3 is 15.2 Å². The SMILES string of the molecule is Cc1c[nH]c2ncnc(-c3ccc(NC(=O)N(CCN4CCCC4)c4ccccc4)cc3)c12. The summed E-state index contributed by atoms with van der Waals surface area (Å²) in [6.07, 6.45) is 5.99. The zero-order valence-corrected chi connectivity index (χ0v) is 18.8. The Bertz CT molecular complexity index is 1230. The minimum absolute atomic E-state index is 0.126. The van der Waals surface area contributed by atoms with Gasteiger partial charge in [0.05, 0.1) is 5.69 Å². The number of anilines is 2. The van der Waals surface area contributed by atoms with Gasteiger partial charge in [0.15, 0.2) is 0 Å². The number of likely N-dealkylation sites (tertiary alicyclic amines) is 1. The number of carbonyl (C=O) groups excluding carboxylic acids is 1. The predicted octanol–water partition coefficient (Wildman–Crippen LogP) is 5.07. The summed E-state index contributed by atoms with van der Waals surface area (Å²) in [5.41, 5.74) is 5.45. The van der Waals surface area contributed by atoms with Gasteiger partial charge in [0.25, 0.3) is 0 Å². The molecule has 0 spiro atoms. The maximum atomic E-state index is 13.2. The van der Waals surface area contributed by atoms with E-state index in [9.17, 15) is 4.79 Å². The summed E-state index contributed by atoms with van der Waals surface area (Å²) < 4.78 is 0. The van der Waals surface area contributed by atoms with Crippen molar-refractivity contribution in [3.63, 3.8) is 0 Å². The van der Waals surface area contributed by atoms with E-state index < -0.39 is 0 Å². The summed E-state index contributed by atoms with van der Waals surface area (Å²) in [6, 6.07) is 17.5. The van der Waals surface area contributed by atoms with Gasteiger partial charge in [-0.15, -0.1) is 0 Å². The molecule has 2 N–H and O–H groups in total. The van der Waals surface area contributed by atoms with Gasteiger partial charge in [-0.05, 0) is 62.7 Å². The quantitative estimate of drug-likeness (QED) is 0.439. The van der Waals surface area contributed by atoms with Crippen LogP contribution in [0.1, 0.15) is 18.4 Å². The van der Waals surface area contributed by atoms with Gasteiger partial charge in [-0.25, -0.2) is 14.8 Å². The minimum Gasteiger partial charge on any atom is -0.346 e. The summed E-state index contributed by atoms with van der Waals surface area (Å²) in [7, 11) is 0. The first-order valence-electron chi connectivity index (χ1n) is 11.4. The summed E-state index contributed by atoms with van der Waals surface area (Å²) in [4.78, 5) is 29.5. The molecule has 3 heterocycles. The number of aryl methyl sites for hydroxylation is 1. The number of nitrogens with zero attached hydrogens (tertiary/aromatic N) is 4. The highest BCUT2D eigenvalue weighted by Crippen LogP contribution is 2.28. The second kappa shape index (κ2) is 9.42. The third-order valence-electron chi connectivity index (χ3n) is 6.23. The third-order valence-corrected chi connectivity index (χ3v) is 6.23. The van der Waals surface area contributed by atoms with E-state index in [1.807, 2.05) is 72.6 Å². The molecule has 2 amide bonds. The normalized spacial score (nSPS) is 14.0. The topological polar surface area (TPSA) is 77.1 Å². The van der Waals surface area contributed by atoms with Crippen molar-refractivity contribution >= 4 is 28.4 Å². The first-order chi connectivity index (χ1) is 16.2. The van der Waals surface area contributed by atoms with Crippen LogP contribution in [0.15, 0.2) is 67.1 Å². The average Bonchev–Trinajstić information content (AvgIpc) is 3.50. The number of H-pyrrole nitrogens is 1. The van der Waals surface area contributed by atoms with Crippen molar-refractivity contribution in [2.75, 3.05) is 36.4 Å². The highest BCUT2D eigenvalue weighted by Gasteiger charge is 2.19. The Labute approximate surface area is 193 Å². The molecular weight excluding hydrogens is 412 g/mol. The molecule has 0 atom stereocenters. The van der Waals surface area contributed by atoms with Gasteiger partial charge in [0.1, 0.15) is 12.0 Å². The van der Waals surface area contributed by atoms with Gasteiger partial charge in [-0.1, -0.05) is 30.3 Å². The number of amides is 2. The molecule has 1 saturated heterocycles. The second-order valence-electron chi connectivity index (χ2n) is 8.46. The Balaban J connectivity index is 1.33. The van der Waals surface area contributed by atoms with Crippen LogP contribution in [0.4, 0.5) is 16.2 Å². The van der Waals surface area contributed by atoms with E-state index in [4.69, 9.17) is 0 Å². The lowest BCUT2D eigenvalue weighted by molar-refractivity contribution is 0.255. The predicted molar refractivity (Wildman–Crippen MR) is 133 cm³/mol. The largest absolute Gasteiger partial charge is 0.346 e. The van der Waals surface area contributed by atoms with Crippen molar-refractivity contribution < 1.29 is 4.79 Å². The van der Waals surface area contributed by atoms with E-state index in [0.717, 1.165) is 58.9 Å². The lowest BCUT2D eigenvalue weighted by Gasteiger charge is -2.26. The molecule has 1 fully saturated rings. The zero-order valence-electron chi connectivity index (χ0n) is 18.8. The van der Waals surface area contributed by atoms with Gasteiger partial charge >= 0.3 is 6.03 Å². The van der Waals surface area contributed by atoms with Crippen LogP contribution < -0.4 is 10.2 Å². The van der Waals surface area contributed by atoms with Crippen LogP contribution in [0.3, 0.4) is 0 Å².